The smallest absolute Gasteiger partial charge is 0.250 e. The molecule has 0 spiro atoms. The molecule has 5 nitrogen and oxygen atoms in total. The van der Waals surface area contributed by atoms with Gasteiger partial charge >= 0.3 is 0 Å². The van der Waals surface area contributed by atoms with Crippen molar-refractivity contribution in [3.63, 3.8) is 0 Å². The number of nitrogens with zero attached hydrogens (tertiary/aromatic N) is 3. The predicted octanol–water partition coefficient (Wildman–Crippen LogP) is 1.70. The van der Waals surface area contributed by atoms with Gasteiger partial charge in [0, 0.05) is 27.4 Å². The van der Waals surface area contributed by atoms with Crippen LogP contribution in [-0.2, 0) is 0 Å². The Morgan fingerprint density at radius 2 is 2.39 bits per heavy atom. The largest absolute Gasteiger partial charge is 0.366 e. The van der Waals surface area contributed by atoms with Gasteiger partial charge in [0.2, 0.25) is 5.91 Å². The molecule has 2 N–H and O–H groups in total. The van der Waals surface area contributed by atoms with Crippen molar-refractivity contribution in [3.8, 4) is 17.2 Å². The van der Waals surface area contributed by atoms with Crippen LogP contribution in [0.15, 0.2) is 18.5 Å². The van der Waals surface area contributed by atoms with E-state index in [1.165, 1.54) is 19.6 Å². The number of rotatable bonds is 1. The zero-order valence-corrected chi connectivity index (χ0v) is 11.8. The highest BCUT2D eigenvalue weighted by Crippen LogP contribution is 2.19. The maximum Gasteiger partial charge on any atom is 0.250 e. The van der Waals surface area contributed by atoms with Crippen molar-refractivity contribution >= 4 is 41.6 Å². The molecule has 0 aliphatic heterocycles. The molecule has 0 fully saturated rings. The Bertz CT molecular complexity index is 735. The molecule has 0 aliphatic rings. The van der Waals surface area contributed by atoms with Crippen molar-refractivity contribution in [2.45, 2.75) is 0 Å². The number of hydrogen-bond acceptors (Lipinski definition) is 4. The maximum atomic E-state index is 11.4. The summed E-state index contributed by atoms with van der Waals surface area (Å²) in [4.78, 5) is 11.4. The Kier molecular flexibility index (Phi) is 3.75. The van der Waals surface area contributed by atoms with Gasteiger partial charge in [0.05, 0.1) is 22.9 Å². The fourth-order valence-corrected chi connectivity index (χ4v) is 2.04. The molecular formula is C11H5IN4OS. The van der Waals surface area contributed by atoms with Gasteiger partial charge in [-0.2, -0.15) is 10.4 Å². The summed E-state index contributed by atoms with van der Waals surface area (Å²) in [6, 6.07) is 3.57. The van der Waals surface area contributed by atoms with Crippen LogP contribution in [0.1, 0.15) is 21.5 Å². The summed E-state index contributed by atoms with van der Waals surface area (Å²) in [6.45, 7) is 0. The normalized spacial score (nSPS) is 9.56. The second-order valence-corrected chi connectivity index (χ2v) is 4.92. The number of nitrogens with two attached hydrogens (primary N) is 1. The summed E-state index contributed by atoms with van der Waals surface area (Å²) in [7, 11) is 1.29. The van der Waals surface area contributed by atoms with E-state index in [0.29, 0.717) is 16.6 Å². The zero-order valence-electron chi connectivity index (χ0n) is 8.85. The predicted molar refractivity (Wildman–Crippen MR) is 76.9 cm³/mol. The lowest BCUT2D eigenvalue weighted by atomic mass is 10.1. The summed E-state index contributed by atoms with van der Waals surface area (Å²) in [5.74, 6) is 2.26. The first-order chi connectivity index (χ1) is 8.69. The van der Waals surface area contributed by atoms with Gasteiger partial charge in [-0.05, 0) is 20.3 Å². The summed E-state index contributed by atoms with van der Waals surface area (Å²) in [5.41, 5.74) is 6.90. The lowest BCUT2D eigenvalue weighted by molar-refractivity contribution is 0.1000. The lowest BCUT2D eigenvalue weighted by Gasteiger charge is -2.03. The zero-order chi connectivity index (χ0) is 13.1. The molecule has 2 rings (SSSR count). The standard InChI is InChI=1S/C11H5IN4OS/c12-18-4-2-8-9(11(14)17)1-3-16-10(8)7(5-13)6-15-16/h1,3,6H,(H2,14,17). The van der Waals surface area contributed by atoms with Gasteiger partial charge in [-0.1, -0.05) is 5.92 Å². The van der Waals surface area contributed by atoms with E-state index in [0.717, 1.165) is 0 Å². The number of hydrogen-bond donors (Lipinski definition) is 1. The van der Waals surface area contributed by atoms with Crippen LogP contribution in [0.4, 0.5) is 0 Å². The van der Waals surface area contributed by atoms with Gasteiger partial charge in [-0.3, -0.25) is 4.79 Å². The van der Waals surface area contributed by atoms with Gasteiger partial charge < -0.3 is 5.73 Å². The van der Waals surface area contributed by atoms with Crippen LogP contribution in [-0.4, -0.2) is 15.5 Å². The molecule has 0 bridgehead atoms. The third kappa shape index (κ3) is 2.15. The summed E-state index contributed by atoms with van der Waals surface area (Å²) >= 11 is 2.02. The second kappa shape index (κ2) is 5.29. The Balaban J connectivity index is 2.88. The first-order valence-electron chi connectivity index (χ1n) is 4.68. The minimum Gasteiger partial charge on any atom is -0.366 e. The first kappa shape index (κ1) is 12.7. The van der Waals surface area contributed by atoms with E-state index in [9.17, 15) is 4.79 Å². The van der Waals surface area contributed by atoms with Crippen LogP contribution in [0.25, 0.3) is 5.52 Å². The molecule has 0 aromatic carbocycles. The Labute approximate surface area is 119 Å². The molecule has 2 heterocycles. The van der Waals surface area contributed by atoms with Crippen LogP contribution in [0.5, 0.6) is 0 Å². The molecule has 0 radical (unpaired) electrons. The van der Waals surface area contributed by atoms with Crippen LogP contribution in [0.3, 0.4) is 0 Å². The van der Waals surface area contributed by atoms with Crippen molar-refractivity contribution in [1.29, 1.82) is 5.26 Å². The Hall–Kier alpha value is -1.71. The highest BCUT2D eigenvalue weighted by atomic mass is 127. The molecule has 0 saturated carbocycles. The number of nitriles is 1. The molecule has 2 aromatic rings. The van der Waals surface area contributed by atoms with Gasteiger partial charge in [0.1, 0.15) is 11.6 Å². The number of carbonyl (C=O) groups excluding carboxylic acids is 1. The third-order valence-electron chi connectivity index (χ3n) is 2.28. The summed E-state index contributed by atoms with van der Waals surface area (Å²) in [5, 5.41) is 15.8. The van der Waals surface area contributed by atoms with Crippen LogP contribution < -0.4 is 5.73 Å². The van der Waals surface area contributed by atoms with Crippen molar-refractivity contribution in [3.05, 3.63) is 35.2 Å². The molecule has 88 valence electrons. The lowest BCUT2D eigenvalue weighted by Crippen LogP contribution is -2.14. The molecule has 0 unspecified atom stereocenters. The molecule has 0 saturated heterocycles. The maximum absolute atomic E-state index is 11.4. The summed E-state index contributed by atoms with van der Waals surface area (Å²) in [6.07, 6.45) is 3.02. The molecule has 0 atom stereocenters. The molecule has 7 heteroatoms. The van der Waals surface area contributed by atoms with Crippen molar-refractivity contribution in [1.82, 2.24) is 9.61 Å². The topological polar surface area (TPSA) is 84.2 Å². The molecule has 0 aliphatic carbocycles. The van der Waals surface area contributed by atoms with Crippen LogP contribution in [0, 0.1) is 22.5 Å². The highest BCUT2D eigenvalue weighted by molar-refractivity contribution is 14.2. The number of carbonyl (C=O) groups is 1. The van der Waals surface area contributed by atoms with Gasteiger partial charge in [0.25, 0.3) is 0 Å². The third-order valence-corrected chi connectivity index (χ3v) is 3.12. The van der Waals surface area contributed by atoms with E-state index < -0.39 is 5.91 Å². The van der Waals surface area contributed by atoms with E-state index in [1.54, 1.807) is 12.3 Å². The fraction of sp³-hybridized carbons (Fsp3) is 0. The van der Waals surface area contributed by atoms with E-state index in [1.807, 2.05) is 27.3 Å². The van der Waals surface area contributed by atoms with E-state index in [-0.39, 0.29) is 5.56 Å². The van der Waals surface area contributed by atoms with Crippen molar-refractivity contribution in [2.75, 3.05) is 0 Å². The monoisotopic (exact) mass is 368 g/mol. The van der Waals surface area contributed by atoms with Crippen LogP contribution >= 0.6 is 30.1 Å². The number of aromatic nitrogens is 2. The molecular weight excluding hydrogens is 363 g/mol. The van der Waals surface area contributed by atoms with Gasteiger partial charge in [0.15, 0.2) is 0 Å². The SMILES string of the molecule is N#Cc1cnn2ccc(C(N)=O)c(C#CSI)c12. The summed E-state index contributed by atoms with van der Waals surface area (Å²) < 4.78 is 1.51. The molecule has 1 amide bonds. The Morgan fingerprint density at radius 1 is 1.61 bits per heavy atom. The minimum atomic E-state index is -0.578. The average molecular weight is 368 g/mol. The van der Waals surface area contributed by atoms with E-state index in [2.05, 4.69) is 16.3 Å². The number of primary amides is 1. The van der Waals surface area contributed by atoms with Crippen LogP contribution in [0.2, 0.25) is 0 Å². The first-order valence-corrected chi connectivity index (χ1v) is 8.03. The van der Waals surface area contributed by atoms with Crippen molar-refractivity contribution in [2.24, 2.45) is 5.73 Å². The fourth-order valence-electron chi connectivity index (χ4n) is 1.56. The number of amides is 1. The van der Waals surface area contributed by atoms with Gasteiger partial charge in [-0.15, -0.1) is 0 Å². The quantitative estimate of drug-likeness (QED) is 0.614. The highest BCUT2D eigenvalue weighted by Gasteiger charge is 2.14. The molecule has 18 heavy (non-hydrogen) atoms. The number of pyridine rings is 1. The van der Waals surface area contributed by atoms with E-state index in [4.69, 9.17) is 11.0 Å². The second-order valence-electron chi connectivity index (χ2n) is 3.24. The molecule has 2 aromatic heterocycles. The number of fused-ring (bicyclic) bond motifs is 1. The number of halogens is 1. The average Bonchev–Trinajstić information content (AvgIpc) is 2.78. The Morgan fingerprint density at radius 3 is 3.00 bits per heavy atom. The van der Waals surface area contributed by atoms with Crippen molar-refractivity contribution < 1.29 is 4.79 Å². The minimum absolute atomic E-state index is 0.289. The van der Waals surface area contributed by atoms with E-state index >= 15 is 0 Å². The van der Waals surface area contributed by atoms with Gasteiger partial charge in [-0.25, -0.2) is 4.52 Å².